The fourth-order valence-corrected chi connectivity index (χ4v) is 4.61. The molecular weight excluding hydrogens is 401 g/mol. The number of rotatable bonds is 7. The third kappa shape index (κ3) is 3.98. The number of aromatic nitrogens is 2. The van der Waals surface area contributed by atoms with E-state index in [1.807, 2.05) is 0 Å². The minimum Gasteiger partial charge on any atom is -0.428 e. The highest BCUT2D eigenvalue weighted by atomic mass is 16.4. The molecule has 1 radical (unpaired) electrons. The van der Waals surface area contributed by atoms with Gasteiger partial charge in [0.05, 0.1) is 30.9 Å². The monoisotopic (exact) mass is 424 g/mol. The van der Waals surface area contributed by atoms with E-state index in [2.05, 4.69) is 16.0 Å². The molecule has 2 N–H and O–H groups in total. The smallest absolute Gasteiger partial charge is 0.309 e. The Kier molecular flexibility index (Phi) is 6.15. The summed E-state index contributed by atoms with van der Waals surface area (Å²) in [5.74, 6) is -1.51. The molecule has 2 bridgehead atoms. The summed E-state index contributed by atoms with van der Waals surface area (Å²) in [4.78, 5) is 51.5. The minimum atomic E-state index is -0.732. The van der Waals surface area contributed by atoms with Crippen LogP contribution in [0.3, 0.4) is 0 Å². The van der Waals surface area contributed by atoms with Gasteiger partial charge in [-0.2, -0.15) is 5.26 Å². The molecular formula is C19H23BN7O4. The molecule has 0 aliphatic carbocycles. The molecule has 0 saturated carbocycles. The van der Waals surface area contributed by atoms with Gasteiger partial charge < -0.3 is 25.1 Å². The molecule has 12 heteroatoms. The number of nitrogens with zero attached hydrogens (tertiary/aromatic N) is 6. The molecule has 0 unspecified atom stereocenters. The Labute approximate surface area is 180 Å². The number of amides is 3. The summed E-state index contributed by atoms with van der Waals surface area (Å²) in [6, 6.07) is 0.924. The van der Waals surface area contributed by atoms with Crippen LogP contribution >= 0.6 is 0 Å². The fourth-order valence-electron chi connectivity index (χ4n) is 4.61. The van der Waals surface area contributed by atoms with E-state index in [4.69, 9.17) is 10.4 Å². The first-order chi connectivity index (χ1) is 15.0. The Morgan fingerprint density at radius 1 is 1.39 bits per heavy atom. The average molecular weight is 424 g/mol. The number of nitriles is 1. The highest BCUT2D eigenvalue weighted by Gasteiger charge is 2.52. The zero-order chi connectivity index (χ0) is 22.0. The van der Waals surface area contributed by atoms with E-state index in [1.54, 1.807) is 9.80 Å². The van der Waals surface area contributed by atoms with E-state index in [0.29, 0.717) is 25.9 Å². The summed E-state index contributed by atoms with van der Waals surface area (Å²) in [6.07, 6.45) is 6.21. The Balaban J connectivity index is 1.45. The van der Waals surface area contributed by atoms with Crippen LogP contribution in [0, 0.1) is 11.3 Å². The third-order valence-corrected chi connectivity index (χ3v) is 6.08. The van der Waals surface area contributed by atoms with Crippen LogP contribution in [0.4, 0.5) is 0 Å². The number of piperazine rings is 1. The van der Waals surface area contributed by atoms with Gasteiger partial charge >= 0.3 is 7.48 Å². The molecule has 0 aromatic carbocycles. The van der Waals surface area contributed by atoms with Crippen molar-refractivity contribution in [3.05, 3.63) is 24.3 Å². The molecule has 3 saturated heterocycles. The van der Waals surface area contributed by atoms with E-state index in [9.17, 15) is 19.6 Å². The van der Waals surface area contributed by atoms with Gasteiger partial charge in [0.2, 0.25) is 11.8 Å². The van der Waals surface area contributed by atoms with Crippen LogP contribution in [0.25, 0.3) is 0 Å². The van der Waals surface area contributed by atoms with E-state index < -0.39 is 17.9 Å². The van der Waals surface area contributed by atoms with E-state index in [1.165, 1.54) is 31.0 Å². The van der Waals surface area contributed by atoms with E-state index >= 15 is 0 Å². The first-order valence-electron chi connectivity index (χ1n) is 10.3. The third-order valence-electron chi connectivity index (χ3n) is 6.08. The lowest BCUT2D eigenvalue weighted by atomic mass is 9.78. The van der Waals surface area contributed by atoms with Gasteiger partial charge in [0, 0.05) is 32.0 Å². The van der Waals surface area contributed by atoms with Crippen molar-refractivity contribution in [2.24, 2.45) is 5.73 Å². The fraction of sp³-hybridized carbons (Fsp3) is 0.579. The molecule has 3 aliphatic rings. The summed E-state index contributed by atoms with van der Waals surface area (Å²) >= 11 is 0. The maximum atomic E-state index is 13.1. The van der Waals surface area contributed by atoms with Gasteiger partial charge in [-0.05, 0) is 19.3 Å². The van der Waals surface area contributed by atoms with Crippen LogP contribution in [-0.4, -0.2) is 94.4 Å². The zero-order valence-corrected chi connectivity index (χ0v) is 17.0. The molecule has 31 heavy (non-hydrogen) atoms. The van der Waals surface area contributed by atoms with Gasteiger partial charge in [0.25, 0.3) is 5.91 Å². The summed E-state index contributed by atoms with van der Waals surface area (Å²) in [6.45, 7) is 0.909. The second kappa shape index (κ2) is 8.99. The Hall–Kier alpha value is -3.04. The van der Waals surface area contributed by atoms with Crippen LogP contribution in [0.2, 0.25) is 5.82 Å². The van der Waals surface area contributed by atoms with Crippen molar-refractivity contribution in [2.45, 2.75) is 43.2 Å². The first-order valence-corrected chi connectivity index (χ1v) is 10.3. The molecule has 3 aliphatic heterocycles. The Bertz CT molecular complexity index is 895. The molecule has 3 fully saturated rings. The topological polar surface area (TPSA) is 146 Å². The van der Waals surface area contributed by atoms with E-state index in [0.717, 1.165) is 6.42 Å². The molecule has 4 rings (SSSR count). The lowest BCUT2D eigenvalue weighted by Crippen LogP contribution is -2.54. The molecule has 4 heterocycles. The number of carbonyl (C=O) groups excluding carboxylic acids is 3. The van der Waals surface area contributed by atoms with Crippen LogP contribution in [0.1, 0.15) is 29.8 Å². The maximum Gasteiger partial charge on any atom is 0.309 e. The van der Waals surface area contributed by atoms with Gasteiger partial charge in [0.15, 0.2) is 0 Å². The molecule has 11 nitrogen and oxygen atoms in total. The van der Waals surface area contributed by atoms with Crippen molar-refractivity contribution in [2.75, 3.05) is 26.4 Å². The zero-order valence-electron chi connectivity index (χ0n) is 17.0. The standard InChI is InChI=1S/C19H23BN7O4/c21-7-12-2-1-5-25(12)17(28)14(20-31-11-22)10-26-13-6-16(19(26)30)27(9-13)18(29)15-8-23-3-4-24-15/h3-4,8,12-14,16H,1-2,5-6,9-11,22H2/t12-,13-,14-,16-/m0/s1. The number of fused-ring (bicyclic) bond motifs is 2. The number of hydrogen-bond donors (Lipinski definition) is 1. The predicted molar refractivity (Wildman–Crippen MR) is 107 cm³/mol. The van der Waals surface area contributed by atoms with Crippen molar-refractivity contribution in [1.82, 2.24) is 24.7 Å². The maximum absolute atomic E-state index is 13.1. The molecule has 1 aromatic heterocycles. The molecule has 0 spiro atoms. The van der Waals surface area contributed by atoms with E-state index in [-0.39, 0.29) is 42.7 Å². The largest absolute Gasteiger partial charge is 0.428 e. The molecule has 1 aromatic rings. The van der Waals surface area contributed by atoms with Crippen molar-refractivity contribution in [3.63, 3.8) is 0 Å². The number of nitrogens with two attached hydrogens (primary N) is 1. The normalized spacial score (nSPS) is 25.6. The van der Waals surface area contributed by atoms with Crippen LogP contribution < -0.4 is 5.73 Å². The van der Waals surface area contributed by atoms with Crippen molar-refractivity contribution < 1.29 is 19.0 Å². The lowest BCUT2D eigenvalue weighted by Gasteiger charge is -2.36. The molecule has 3 amide bonds. The van der Waals surface area contributed by atoms with Gasteiger partial charge in [-0.1, -0.05) is 0 Å². The van der Waals surface area contributed by atoms with Gasteiger partial charge in [-0.25, -0.2) is 4.98 Å². The minimum absolute atomic E-state index is 0.0914. The predicted octanol–water partition coefficient (Wildman–Crippen LogP) is -1.24. The summed E-state index contributed by atoms with van der Waals surface area (Å²) < 4.78 is 5.19. The highest BCUT2D eigenvalue weighted by Crippen LogP contribution is 2.34. The molecule has 161 valence electrons. The van der Waals surface area contributed by atoms with Crippen LogP contribution in [0.15, 0.2) is 18.6 Å². The average Bonchev–Trinajstić information content (AvgIpc) is 3.52. The summed E-state index contributed by atoms with van der Waals surface area (Å²) in [5.41, 5.74) is 5.62. The van der Waals surface area contributed by atoms with Gasteiger partial charge in [0.1, 0.15) is 17.8 Å². The summed E-state index contributed by atoms with van der Waals surface area (Å²) in [7, 11) is 1.36. The van der Waals surface area contributed by atoms with Crippen LogP contribution in [-0.2, 0) is 14.2 Å². The Morgan fingerprint density at radius 2 is 2.23 bits per heavy atom. The van der Waals surface area contributed by atoms with Crippen molar-refractivity contribution >= 4 is 25.2 Å². The number of hydrogen-bond acceptors (Lipinski definition) is 8. The van der Waals surface area contributed by atoms with Crippen molar-refractivity contribution in [1.29, 1.82) is 5.26 Å². The van der Waals surface area contributed by atoms with Crippen LogP contribution in [0.5, 0.6) is 0 Å². The number of likely N-dealkylation sites (tertiary alicyclic amines) is 3. The number of carbonyl (C=O) groups is 3. The SMILES string of the molecule is N#C[C@@H]1CCCN1C(=O)[C@@H]([B]OCN)CN1C(=O)[C@@H]2C[C@H]1CN2C(=O)c1cnccn1. The first kappa shape index (κ1) is 21.2. The highest BCUT2D eigenvalue weighted by molar-refractivity contribution is 6.37. The lowest BCUT2D eigenvalue weighted by molar-refractivity contribution is -0.137. The quantitative estimate of drug-likeness (QED) is 0.422. The summed E-state index contributed by atoms with van der Waals surface area (Å²) in [5, 5.41) is 9.31. The second-order valence-corrected chi connectivity index (χ2v) is 7.84. The van der Waals surface area contributed by atoms with Gasteiger partial charge in [-0.15, -0.1) is 0 Å². The van der Waals surface area contributed by atoms with Crippen molar-refractivity contribution in [3.8, 4) is 6.07 Å². The Morgan fingerprint density at radius 3 is 2.90 bits per heavy atom. The second-order valence-electron chi connectivity index (χ2n) is 7.84. The van der Waals surface area contributed by atoms with Gasteiger partial charge in [-0.3, -0.25) is 19.4 Å². The molecule has 4 atom stereocenters.